The van der Waals surface area contributed by atoms with Crippen molar-refractivity contribution in [3.8, 4) is 0 Å². The largest absolute Gasteiger partial charge is 0.319 e. The van der Waals surface area contributed by atoms with E-state index >= 15 is 0 Å². The van der Waals surface area contributed by atoms with E-state index in [4.69, 9.17) is 0 Å². The van der Waals surface area contributed by atoms with Gasteiger partial charge >= 0.3 is 0 Å². The lowest BCUT2D eigenvalue weighted by Crippen LogP contribution is -2.36. The fourth-order valence-electron chi connectivity index (χ4n) is 2.42. The Morgan fingerprint density at radius 2 is 2.12 bits per heavy atom. The van der Waals surface area contributed by atoms with Crippen LogP contribution in [0, 0.1) is 5.92 Å². The molecule has 0 spiro atoms. The Morgan fingerprint density at radius 3 is 2.65 bits per heavy atom. The quantitative estimate of drug-likeness (QED) is 0.883. The number of likely N-dealkylation sites (tertiary alicyclic amines) is 1. The maximum absolute atomic E-state index is 4.21. The van der Waals surface area contributed by atoms with Crippen molar-refractivity contribution in [1.82, 2.24) is 20.0 Å². The summed E-state index contributed by atoms with van der Waals surface area (Å²) in [4.78, 5) is 2.53. The highest BCUT2D eigenvalue weighted by Gasteiger charge is 2.19. The molecule has 98 valence electrons. The first kappa shape index (κ1) is 14.5. The van der Waals surface area contributed by atoms with E-state index in [1.165, 1.54) is 38.2 Å². The van der Waals surface area contributed by atoms with E-state index in [9.17, 15) is 0 Å². The van der Waals surface area contributed by atoms with E-state index in [0.29, 0.717) is 0 Å². The molecule has 1 aromatic heterocycles. The minimum Gasteiger partial charge on any atom is -0.319 e. The number of hydrogen-bond acceptors (Lipinski definition) is 3. The van der Waals surface area contributed by atoms with Gasteiger partial charge in [-0.05, 0) is 51.5 Å². The van der Waals surface area contributed by atoms with Crippen LogP contribution in [0.1, 0.15) is 18.5 Å². The predicted molar refractivity (Wildman–Crippen MR) is 72.4 cm³/mol. The third-order valence-corrected chi connectivity index (χ3v) is 3.51. The molecule has 0 atom stereocenters. The van der Waals surface area contributed by atoms with Crippen LogP contribution in [0.4, 0.5) is 0 Å². The topological polar surface area (TPSA) is 33.1 Å². The van der Waals surface area contributed by atoms with E-state index in [2.05, 4.69) is 21.4 Å². The van der Waals surface area contributed by atoms with Crippen LogP contribution in [0.2, 0.25) is 0 Å². The number of piperidine rings is 1. The van der Waals surface area contributed by atoms with Gasteiger partial charge in [0.1, 0.15) is 0 Å². The summed E-state index contributed by atoms with van der Waals surface area (Å²) in [5.41, 5.74) is 1.31. The van der Waals surface area contributed by atoms with Crippen molar-refractivity contribution in [3.63, 3.8) is 0 Å². The van der Waals surface area contributed by atoms with Crippen molar-refractivity contribution < 1.29 is 0 Å². The molecular formula is C12H23ClN4. The lowest BCUT2D eigenvalue weighted by molar-refractivity contribution is 0.173. The summed E-state index contributed by atoms with van der Waals surface area (Å²) in [6.07, 6.45) is 4.51. The molecule has 5 heteroatoms. The molecule has 1 aromatic rings. The van der Waals surface area contributed by atoms with E-state index in [-0.39, 0.29) is 12.4 Å². The van der Waals surface area contributed by atoms with Crippen LogP contribution < -0.4 is 5.32 Å². The van der Waals surface area contributed by atoms with E-state index in [1.54, 1.807) is 0 Å². The lowest BCUT2D eigenvalue weighted by atomic mass is 9.97. The summed E-state index contributed by atoms with van der Waals surface area (Å²) >= 11 is 0. The molecule has 0 saturated carbocycles. The molecule has 2 rings (SSSR count). The molecular weight excluding hydrogens is 236 g/mol. The Balaban J connectivity index is 0.00000144. The fraction of sp³-hybridized carbons (Fsp3) is 0.750. The Kier molecular flexibility index (Phi) is 5.95. The average molecular weight is 259 g/mol. The van der Waals surface area contributed by atoms with Gasteiger partial charge in [0.25, 0.3) is 0 Å². The zero-order valence-corrected chi connectivity index (χ0v) is 11.5. The van der Waals surface area contributed by atoms with Crippen molar-refractivity contribution in [3.05, 3.63) is 18.0 Å². The smallest absolute Gasteiger partial charge is 0.0521 e. The third-order valence-electron chi connectivity index (χ3n) is 3.51. The van der Waals surface area contributed by atoms with Crippen LogP contribution in [-0.2, 0) is 13.6 Å². The SMILES string of the molecule is CNCC1CCN(Cc2ccnn2C)CC1.Cl. The number of nitrogens with one attached hydrogen (secondary N) is 1. The van der Waals surface area contributed by atoms with Gasteiger partial charge in [-0.3, -0.25) is 9.58 Å². The van der Waals surface area contributed by atoms with Gasteiger partial charge < -0.3 is 5.32 Å². The standard InChI is InChI=1S/C12H22N4.ClH/c1-13-9-11-4-7-16(8-5-11)10-12-3-6-14-15(12)2;/h3,6,11,13H,4-5,7-10H2,1-2H3;1H. The Labute approximate surface area is 110 Å². The van der Waals surface area contributed by atoms with Gasteiger partial charge in [-0.1, -0.05) is 0 Å². The maximum atomic E-state index is 4.21. The van der Waals surface area contributed by atoms with Gasteiger partial charge in [0.15, 0.2) is 0 Å². The first-order valence-electron chi connectivity index (χ1n) is 6.13. The number of nitrogens with zero attached hydrogens (tertiary/aromatic N) is 3. The zero-order valence-electron chi connectivity index (χ0n) is 10.7. The molecule has 1 N–H and O–H groups in total. The summed E-state index contributed by atoms with van der Waals surface area (Å²) < 4.78 is 1.97. The van der Waals surface area contributed by atoms with Gasteiger partial charge in [-0.25, -0.2) is 0 Å². The second-order valence-corrected chi connectivity index (χ2v) is 4.72. The Hall–Kier alpha value is -0.580. The number of rotatable bonds is 4. The number of aromatic nitrogens is 2. The molecule has 1 aliphatic rings. The Bertz CT molecular complexity index is 318. The molecule has 0 unspecified atom stereocenters. The molecule has 0 bridgehead atoms. The minimum atomic E-state index is 0. The van der Waals surface area contributed by atoms with E-state index in [1.807, 2.05) is 25.0 Å². The lowest BCUT2D eigenvalue weighted by Gasteiger charge is -2.31. The molecule has 4 nitrogen and oxygen atoms in total. The second-order valence-electron chi connectivity index (χ2n) is 4.72. The summed E-state index contributed by atoms with van der Waals surface area (Å²) in [6.45, 7) is 4.65. The van der Waals surface area contributed by atoms with Crippen molar-refractivity contribution in [1.29, 1.82) is 0 Å². The molecule has 2 heterocycles. The highest BCUT2D eigenvalue weighted by atomic mass is 35.5. The van der Waals surface area contributed by atoms with Gasteiger partial charge in [0.2, 0.25) is 0 Å². The molecule has 0 radical (unpaired) electrons. The number of aryl methyl sites for hydroxylation is 1. The van der Waals surface area contributed by atoms with Crippen LogP contribution in [0.3, 0.4) is 0 Å². The average Bonchev–Trinajstić information content (AvgIpc) is 2.68. The van der Waals surface area contributed by atoms with Gasteiger partial charge in [0.05, 0.1) is 5.69 Å². The van der Waals surface area contributed by atoms with Crippen LogP contribution >= 0.6 is 12.4 Å². The summed E-state index contributed by atoms with van der Waals surface area (Å²) in [6, 6.07) is 2.11. The van der Waals surface area contributed by atoms with Crippen LogP contribution in [0.25, 0.3) is 0 Å². The first-order valence-corrected chi connectivity index (χ1v) is 6.13. The Morgan fingerprint density at radius 1 is 1.41 bits per heavy atom. The molecule has 0 aliphatic carbocycles. The number of halogens is 1. The predicted octanol–water partition coefficient (Wildman–Crippen LogP) is 1.27. The summed E-state index contributed by atoms with van der Waals surface area (Å²) in [5, 5.41) is 7.48. The van der Waals surface area contributed by atoms with Crippen molar-refractivity contribution in [2.45, 2.75) is 19.4 Å². The van der Waals surface area contributed by atoms with Crippen LogP contribution in [-0.4, -0.2) is 41.4 Å². The van der Waals surface area contributed by atoms with Crippen LogP contribution in [0.5, 0.6) is 0 Å². The third kappa shape index (κ3) is 3.98. The maximum Gasteiger partial charge on any atom is 0.0521 e. The van der Waals surface area contributed by atoms with Gasteiger partial charge in [-0.15, -0.1) is 12.4 Å². The van der Waals surface area contributed by atoms with Gasteiger partial charge in [0, 0.05) is 19.8 Å². The van der Waals surface area contributed by atoms with Gasteiger partial charge in [-0.2, -0.15) is 5.10 Å². The van der Waals surface area contributed by atoms with Crippen LogP contribution in [0.15, 0.2) is 12.3 Å². The molecule has 1 aliphatic heterocycles. The minimum absolute atomic E-state index is 0. The molecule has 1 saturated heterocycles. The zero-order chi connectivity index (χ0) is 11.4. The van der Waals surface area contributed by atoms with Crippen molar-refractivity contribution in [2.24, 2.45) is 13.0 Å². The molecule has 17 heavy (non-hydrogen) atoms. The normalized spacial score (nSPS) is 18.0. The molecule has 0 aromatic carbocycles. The number of hydrogen-bond donors (Lipinski definition) is 1. The second kappa shape index (κ2) is 6.99. The van der Waals surface area contributed by atoms with E-state index in [0.717, 1.165) is 12.5 Å². The van der Waals surface area contributed by atoms with Crippen molar-refractivity contribution >= 4 is 12.4 Å². The molecule has 0 amide bonds. The van der Waals surface area contributed by atoms with Crippen molar-refractivity contribution in [2.75, 3.05) is 26.7 Å². The fourth-order valence-corrected chi connectivity index (χ4v) is 2.42. The highest BCUT2D eigenvalue weighted by molar-refractivity contribution is 5.85. The summed E-state index contributed by atoms with van der Waals surface area (Å²) in [5.74, 6) is 0.868. The summed E-state index contributed by atoms with van der Waals surface area (Å²) in [7, 11) is 4.06. The highest BCUT2D eigenvalue weighted by Crippen LogP contribution is 2.17. The first-order chi connectivity index (χ1) is 7.79. The molecule has 1 fully saturated rings. The van der Waals surface area contributed by atoms with E-state index < -0.39 is 0 Å². The monoisotopic (exact) mass is 258 g/mol.